The molecule has 0 aliphatic carbocycles. The molecule has 1 saturated heterocycles. The Bertz CT molecular complexity index is 963. The number of nitrogens with zero attached hydrogens (tertiary/aromatic N) is 5. The third kappa shape index (κ3) is 4.05. The maximum absolute atomic E-state index is 13.0. The van der Waals surface area contributed by atoms with Crippen molar-refractivity contribution in [3.05, 3.63) is 36.4 Å². The fourth-order valence-electron chi connectivity index (χ4n) is 3.53. The highest BCUT2D eigenvalue weighted by atomic mass is 19.4. The Morgan fingerprint density at radius 3 is 2.50 bits per heavy atom. The Hall–Kier alpha value is -3.24. The van der Waals surface area contributed by atoms with Crippen molar-refractivity contribution in [3.63, 3.8) is 0 Å². The molecule has 0 aromatic carbocycles. The van der Waals surface area contributed by atoms with Gasteiger partial charge in [-0.15, -0.1) is 0 Å². The van der Waals surface area contributed by atoms with E-state index in [2.05, 4.69) is 15.0 Å². The number of aromatic nitrogens is 3. The van der Waals surface area contributed by atoms with Gasteiger partial charge in [0.1, 0.15) is 23.9 Å². The van der Waals surface area contributed by atoms with Crippen LogP contribution in [0.1, 0.15) is 32.4 Å². The summed E-state index contributed by atoms with van der Waals surface area (Å²) in [5.41, 5.74) is -1.09. The Balaban J connectivity index is 1.85. The summed E-state index contributed by atoms with van der Waals surface area (Å²) < 4.78 is 38.1. The number of carbonyl (C=O) groups excluding carboxylic acids is 1. The van der Waals surface area contributed by atoms with Gasteiger partial charge in [0, 0.05) is 30.4 Å². The van der Waals surface area contributed by atoms with Gasteiger partial charge < -0.3 is 5.11 Å². The lowest BCUT2D eigenvalue weighted by molar-refractivity contribution is -0.141. The van der Waals surface area contributed by atoms with Crippen LogP contribution in [0.5, 0.6) is 0 Å². The minimum absolute atomic E-state index is 0.194. The first kappa shape index (κ1) is 21.5. The molecule has 0 saturated carbocycles. The molecule has 11 heteroatoms. The van der Waals surface area contributed by atoms with E-state index in [0.717, 1.165) is 17.2 Å². The van der Waals surface area contributed by atoms with Gasteiger partial charge in [-0.2, -0.15) is 13.2 Å². The standard InChI is InChI=1S/C19H20F3N5O3/c1-18(2)7-6-13(27(18)17(29)30)16(28)26(3)15-8-12(24-10-25-15)11-4-5-14(23-9-11)19(20,21)22/h4-5,8-10,13H,6-7H2,1-3H3,(H,29,30)/t13-/m0/s1. The number of alkyl halides is 3. The summed E-state index contributed by atoms with van der Waals surface area (Å²) in [4.78, 5) is 38.5. The van der Waals surface area contributed by atoms with Crippen LogP contribution in [0.15, 0.2) is 30.7 Å². The van der Waals surface area contributed by atoms with Crippen molar-refractivity contribution in [3.8, 4) is 11.3 Å². The van der Waals surface area contributed by atoms with Gasteiger partial charge in [0.05, 0.1) is 5.69 Å². The van der Waals surface area contributed by atoms with Gasteiger partial charge in [-0.3, -0.25) is 19.6 Å². The molecule has 3 rings (SSSR count). The third-order valence-corrected chi connectivity index (χ3v) is 5.16. The van der Waals surface area contributed by atoms with E-state index in [1.165, 1.54) is 30.4 Å². The van der Waals surface area contributed by atoms with Crippen molar-refractivity contribution >= 4 is 17.8 Å². The molecule has 1 N–H and O–H groups in total. The Morgan fingerprint density at radius 2 is 1.93 bits per heavy atom. The van der Waals surface area contributed by atoms with Gasteiger partial charge in [0.2, 0.25) is 0 Å². The largest absolute Gasteiger partial charge is 0.465 e. The molecule has 1 fully saturated rings. The average molecular weight is 423 g/mol. The van der Waals surface area contributed by atoms with Crippen LogP contribution < -0.4 is 4.90 Å². The van der Waals surface area contributed by atoms with Crippen LogP contribution in [0.2, 0.25) is 0 Å². The maximum Gasteiger partial charge on any atom is 0.433 e. The van der Waals surface area contributed by atoms with Gasteiger partial charge in [-0.25, -0.2) is 14.8 Å². The third-order valence-electron chi connectivity index (χ3n) is 5.16. The highest BCUT2D eigenvalue weighted by molar-refractivity contribution is 5.98. The van der Waals surface area contributed by atoms with Crippen molar-refractivity contribution in [1.82, 2.24) is 19.9 Å². The number of anilines is 1. The molecule has 8 nitrogen and oxygen atoms in total. The highest BCUT2D eigenvalue weighted by Crippen LogP contribution is 2.35. The van der Waals surface area contributed by atoms with Crippen LogP contribution in [0.4, 0.5) is 23.8 Å². The van der Waals surface area contributed by atoms with E-state index in [4.69, 9.17) is 0 Å². The molecule has 1 atom stereocenters. The fraction of sp³-hybridized carbons (Fsp3) is 0.421. The van der Waals surface area contributed by atoms with E-state index in [1.54, 1.807) is 13.8 Å². The molecule has 2 aromatic rings. The predicted molar refractivity (Wildman–Crippen MR) is 101 cm³/mol. The number of pyridine rings is 1. The monoisotopic (exact) mass is 423 g/mol. The molecular weight excluding hydrogens is 403 g/mol. The molecule has 1 aliphatic rings. The first-order valence-corrected chi connectivity index (χ1v) is 9.07. The number of amides is 2. The summed E-state index contributed by atoms with van der Waals surface area (Å²) in [6.07, 6.45) is -2.59. The molecule has 0 bridgehead atoms. The van der Waals surface area contributed by atoms with E-state index in [1.807, 2.05) is 0 Å². The van der Waals surface area contributed by atoms with Crippen molar-refractivity contribution in [2.24, 2.45) is 0 Å². The highest BCUT2D eigenvalue weighted by Gasteiger charge is 2.47. The zero-order valence-corrected chi connectivity index (χ0v) is 16.5. The second-order valence-corrected chi connectivity index (χ2v) is 7.61. The summed E-state index contributed by atoms with van der Waals surface area (Å²) in [6, 6.07) is 2.66. The van der Waals surface area contributed by atoms with Crippen LogP contribution >= 0.6 is 0 Å². The lowest BCUT2D eigenvalue weighted by Gasteiger charge is -2.34. The Labute approximate surface area is 170 Å². The summed E-state index contributed by atoms with van der Waals surface area (Å²) in [5.74, 6) is -0.252. The van der Waals surface area contributed by atoms with Crippen molar-refractivity contribution < 1.29 is 27.9 Å². The molecule has 160 valence electrons. The van der Waals surface area contributed by atoms with E-state index < -0.39 is 35.5 Å². The maximum atomic E-state index is 13.0. The topological polar surface area (TPSA) is 99.5 Å². The first-order valence-electron chi connectivity index (χ1n) is 9.07. The SMILES string of the molecule is CN(C(=O)[C@@H]1CCC(C)(C)N1C(=O)O)c1cc(-c2ccc(C(F)(F)F)nc2)ncn1. The van der Waals surface area contributed by atoms with E-state index >= 15 is 0 Å². The van der Waals surface area contributed by atoms with Crippen LogP contribution in [0.3, 0.4) is 0 Å². The van der Waals surface area contributed by atoms with Gasteiger partial charge in [-0.1, -0.05) is 0 Å². The molecule has 0 spiro atoms. The Kier molecular flexibility index (Phi) is 5.40. The van der Waals surface area contributed by atoms with E-state index in [-0.39, 0.29) is 11.5 Å². The number of rotatable bonds is 3. The van der Waals surface area contributed by atoms with Gasteiger partial charge >= 0.3 is 12.3 Å². The first-order chi connectivity index (χ1) is 13.9. The zero-order chi connectivity index (χ0) is 22.3. The molecule has 3 heterocycles. The number of hydrogen-bond donors (Lipinski definition) is 1. The molecular formula is C19H20F3N5O3. The number of carbonyl (C=O) groups is 2. The van der Waals surface area contributed by atoms with Crippen molar-refractivity contribution in [2.75, 3.05) is 11.9 Å². The van der Waals surface area contributed by atoms with Crippen LogP contribution in [0.25, 0.3) is 11.3 Å². The quantitative estimate of drug-likeness (QED) is 0.812. The summed E-state index contributed by atoms with van der Waals surface area (Å²) in [6.45, 7) is 3.52. The minimum atomic E-state index is -4.55. The number of likely N-dealkylation sites (tertiary alicyclic amines) is 1. The van der Waals surface area contributed by atoms with Gasteiger partial charge in [-0.05, 0) is 38.8 Å². The summed E-state index contributed by atoms with van der Waals surface area (Å²) in [5, 5.41) is 9.54. The second kappa shape index (κ2) is 7.54. The van der Waals surface area contributed by atoms with Crippen LogP contribution in [-0.4, -0.2) is 55.6 Å². The summed E-state index contributed by atoms with van der Waals surface area (Å²) >= 11 is 0. The minimum Gasteiger partial charge on any atom is -0.465 e. The molecule has 30 heavy (non-hydrogen) atoms. The fourth-order valence-corrected chi connectivity index (χ4v) is 3.53. The number of likely N-dealkylation sites (N-methyl/N-ethyl adjacent to an activating group) is 1. The second-order valence-electron chi connectivity index (χ2n) is 7.61. The number of carboxylic acid groups (broad SMARTS) is 1. The molecule has 2 aromatic heterocycles. The molecule has 0 radical (unpaired) electrons. The van der Waals surface area contributed by atoms with Crippen molar-refractivity contribution in [2.45, 2.75) is 44.4 Å². The van der Waals surface area contributed by atoms with Crippen LogP contribution in [-0.2, 0) is 11.0 Å². The normalized spacial score (nSPS) is 18.3. The number of halogens is 3. The zero-order valence-electron chi connectivity index (χ0n) is 16.5. The van der Waals surface area contributed by atoms with Crippen LogP contribution in [0, 0.1) is 0 Å². The lowest BCUT2D eigenvalue weighted by atomic mass is 10.0. The average Bonchev–Trinajstić information content (AvgIpc) is 3.01. The smallest absolute Gasteiger partial charge is 0.433 e. The number of hydrogen-bond acceptors (Lipinski definition) is 5. The van der Waals surface area contributed by atoms with E-state index in [0.29, 0.717) is 18.4 Å². The molecule has 2 amide bonds. The molecule has 1 aliphatic heterocycles. The van der Waals surface area contributed by atoms with Crippen molar-refractivity contribution in [1.29, 1.82) is 0 Å². The predicted octanol–water partition coefficient (Wildman–Crippen LogP) is 3.44. The lowest BCUT2D eigenvalue weighted by Crippen LogP contribution is -2.52. The molecule has 0 unspecified atom stereocenters. The van der Waals surface area contributed by atoms with Gasteiger partial charge in [0.25, 0.3) is 5.91 Å². The summed E-state index contributed by atoms with van der Waals surface area (Å²) in [7, 11) is 1.46. The Morgan fingerprint density at radius 1 is 1.23 bits per heavy atom. The van der Waals surface area contributed by atoms with Gasteiger partial charge in [0.15, 0.2) is 0 Å². The van der Waals surface area contributed by atoms with E-state index in [9.17, 15) is 27.9 Å².